The molecular weight excluding hydrogens is 356 g/mol. The molecule has 0 spiro atoms. The Morgan fingerprint density at radius 2 is 2.25 bits per heavy atom. The Kier molecular flexibility index (Phi) is 6.68. The number of ether oxygens (including phenoxy) is 1. The Balaban J connectivity index is 1.70. The van der Waals surface area contributed by atoms with Crippen molar-refractivity contribution < 1.29 is 14.3 Å². The number of aryl methyl sites for hydroxylation is 1. The summed E-state index contributed by atoms with van der Waals surface area (Å²) in [6.45, 7) is 3.93. The Bertz CT molecular complexity index is 791. The zero-order valence-corrected chi connectivity index (χ0v) is 16.5. The third kappa shape index (κ3) is 4.52. The molecule has 2 atom stereocenters. The number of carbonyl (C=O) groups is 2. The van der Waals surface area contributed by atoms with Gasteiger partial charge in [0.05, 0.1) is 25.4 Å². The number of piperidine rings is 1. The molecule has 1 aromatic heterocycles. The molecule has 0 bridgehead atoms. The van der Waals surface area contributed by atoms with E-state index in [-0.39, 0.29) is 23.8 Å². The molecule has 0 aliphatic carbocycles. The number of hydrogen-bond acceptors (Lipinski definition) is 4. The Hall–Kier alpha value is -2.83. The molecule has 2 amide bonds. The number of methoxy groups -OCH3 is 1. The van der Waals surface area contributed by atoms with E-state index in [0.29, 0.717) is 25.9 Å². The Labute approximate surface area is 165 Å². The van der Waals surface area contributed by atoms with Gasteiger partial charge in [0.2, 0.25) is 11.8 Å². The highest BCUT2D eigenvalue weighted by atomic mass is 16.5. The summed E-state index contributed by atoms with van der Waals surface area (Å²) in [5.74, 6) is 0.563. The van der Waals surface area contributed by atoms with Crippen LogP contribution in [0.1, 0.15) is 37.8 Å². The number of rotatable bonds is 8. The van der Waals surface area contributed by atoms with Gasteiger partial charge in [-0.15, -0.1) is 0 Å². The summed E-state index contributed by atoms with van der Waals surface area (Å²) in [5.41, 5.74) is 0.938. The molecule has 7 heteroatoms. The molecule has 2 heterocycles. The SMILES string of the molecule is CCN1C(=O)CC[C@@H](C(=O)NCCCn2ccnc2)[C@@H]1c1cccc(OC)c1. The number of hydrogen-bond donors (Lipinski definition) is 1. The monoisotopic (exact) mass is 384 g/mol. The standard InChI is InChI=1S/C21H28N4O3/c1-3-25-19(26)9-8-18(20(25)16-6-4-7-17(14-16)28-2)21(27)23-10-5-12-24-13-11-22-15-24/h4,6-7,11,13-15,18,20H,3,5,8-10,12H2,1-2H3,(H,23,27)/t18-,20+/m1/s1. The predicted octanol–water partition coefficient (Wildman–Crippen LogP) is 2.40. The van der Waals surface area contributed by atoms with Crippen molar-refractivity contribution in [3.8, 4) is 5.75 Å². The molecule has 3 rings (SSSR count). The Morgan fingerprint density at radius 1 is 1.39 bits per heavy atom. The normalized spacial score (nSPS) is 19.5. The second kappa shape index (κ2) is 9.39. The summed E-state index contributed by atoms with van der Waals surface area (Å²) in [6, 6.07) is 7.39. The van der Waals surface area contributed by atoms with Crippen LogP contribution in [-0.4, -0.2) is 46.5 Å². The molecule has 0 radical (unpaired) electrons. The van der Waals surface area contributed by atoms with Crippen LogP contribution in [0.15, 0.2) is 43.0 Å². The first-order chi connectivity index (χ1) is 13.6. The van der Waals surface area contributed by atoms with Gasteiger partial charge in [0.25, 0.3) is 0 Å². The average molecular weight is 384 g/mol. The number of aromatic nitrogens is 2. The molecule has 1 fully saturated rings. The molecule has 28 heavy (non-hydrogen) atoms. The number of likely N-dealkylation sites (tertiary alicyclic amines) is 1. The fourth-order valence-electron chi connectivity index (χ4n) is 3.86. The van der Waals surface area contributed by atoms with Gasteiger partial charge < -0.3 is 19.5 Å². The summed E-state index contributed by atoms with van der Waals surface area (Å²) < 4.78 is 7.33. The first-order valence-electron chi connectivity index (χ1n) is 9.81. The fourth-order valence-corrected chi connectivity index (χ4v) is 3.86. The lowest BCUT2D eigenvalue weighted by atomic mass is 9.83. The van der Waals surface area contributed by atoms with Crippen molar-refractivity contribution in [1.29, 1.82) is 0 Å². The number of amides is 2. The molecule has 1 N–H and O–H groups in total. The minimum atomic E-state index is -0.269. The Morgan fingerprint density at radius 3 is 2.96 bits per heavy atom. The first kappa shape index (κ1) is 19.9. The molecule has 1 saturated heterocycles. The van der Waals surface area contributed by atoms with Crippen molar-refractivity contribution in [3.05, 3.63) is 48.5 Å². The maximum Gasteiger partial charge on any atom is 0.225 e. The summed E-state index contributed by atoms with van der Waals surface area (Å²) >= 11 is 0. The maximum atomic E-state index is 13.0. The number of imidazole rings is 1. The fraction of sp³-hybridized carbons (Fsp3) is 0.476. The minimum absolute atomic E-state index is 0.00408. The van der Waals surface area contributed by atoms with Crippen LogP contribution in [0.5, 0.6) is 5.75 Å². The van der Waals surface area contributed by atoms with E-state index in [1.165, 1.54) is 0 Å². The van der Waals surface area contributed by atoms with Gasteiger partial charge in [0.1, 0.15) is 5.75 Å². The van der Waals surface area contributed by atoms with E-state index in [2.05, 4.69) is 10.3 Å². The molecule has 1 aromatic carbocycles. The summed E-state index contributed by atoms with van der Waals surface area (Å²) in [7, 11) is 1.62. The summed E-state index contributed by atoms with van der Waals surface area (Å²) in [5, 5.41) is 3.06. The third-order valence-corrected chi connectivity index (χ3v) is 5.27. The molecule has 1 aliphatic heterocycles. The van der Waals surface area contributed by atoms with E-state index < -0.39 is 0 Å². The van der Waals surface area contributed by atoms with E-state index in [4.69, 9.17) is 4.74 Å². The van der Waals surface area contributed by atoms with Crippen molar-refractivity contribution in [1.82, 2.24) is 19.8 Å². The van der Waals surface area contributed by atoms with Crippen LogP contribution in [0, 0.1) is 5.92 Å². The molecule has 1 aliphatic rings. The number of carbonyl (C=O) groups excluding carboxylic acids is 2. The van der Waals surface area contributed by atoms with E-state index in [0.717, 1.165) is 24.3 Å². The van der Waals surface area contributed by atoms with Crippen LogP contribution in [0.3, 0.4) is 0 Å². The highest BCUT2D eigenvalue weighted by Gasteiger charge is 2.39. The third-order valence-electron chi connectivity index (χ3n) is 5.27. The van der Waals surface area contributed by atoms with Gasteiger partial charge in [-0.25, -0.2) is 4.98 Å². The highest BCUT2D eigenvalue weighted by molar-refractivity contribution is 5.85. The molecule has 0 unspecified atom stereocenters. The second-order valence-electron chi connectivity index (χ2n) is 6.99. The number of benzene rings is 1. The van der Waals surface area contributed by atoms with Crippen LogP contribution in [0.2, 0.25) is 0 Å². The predicted molar refractivity (Wildman–Crippen MR) is 106 cm³/mol. The number of nitrogens with zero attached hydrogens (tertiary/aromatic N) is 3. The lowest BCUT2D eigenvalue weighted by Gasteiger charge is -2.40. The van der Waals surface area contributed by atoms with Crippen molar-refractivity contribution in [3.63, 3.8) is 0 Å². The average Bonchev–Trinajstić information content (AvgIpc) is 3.24. The minimum Gasteiger partial charge on any atom is -0.497 e. The van der Waals surface area contributed by atoms with E-state index >= 15 is 0 Å². The maximum absolute atomic E-state index is 13.0. The largest absolute Gasteiger partial charge is 0.497 e. The quantitative estimate of drug-likeness (QED) is 0.709. The molecule has 7 nitrogen and oxygen atoms in total. The first-order valence-corrected chi connectivity index (χ1v) is 9.81. The van der Waals surface area contributed by atoms with Crippen LogP contribution < -0.4 is 10.1 Å². The lowest BCUT2D eigenvalue weighted by Crippen LogP contribution is -2.48. The van der Waals surface area contributed by atoms with Crippen molar-refractivity contribution >= 4 is 11.8 Å². The van der Waals surface area contributed by atoms with Gasteiger partial charge in [-0.05, 0) is 37.5 Å². The van der Waals surface area contributed by atoms with Gasteiger partial charge in [0, 0.05) is 38.4 Å². The topological polar surface area (TPSA) is 76.5 Å². The van der Waals surface area contributed by atoms with Crippen LogP contribution in [0.25, 0.3) is 0 Å². The van der Waals surface area contributed by atoms with Gasteiger partial charge in [-0.1, -0.05) is 12.1 Å². The number of nitrogens with one attached hydrogen (secondary N) is 1. The van der Waals surface area contributed by atoms with Crippen LogP contribution >= 0.6 is 0 Å². The van der Waals surface area contributed by atoms with Crippen LogP contribution in [0.4, 0.5) is 0 Å². The molecule has 0 saturated carbocycles. The highest BCUT2D eigenvalue weighted by Crippen LogP contribution is 2.37. The van der Waals surface area contributed by atoms with Crippen molar-refractivity contribution in [2.24, 2.45) is 5.92 Å². The molecule has 2 aromatic rings. The van der Waals surface area contributed by atoms with Crippen molar-refractivity contribution in [2.45, 2.75) is 38.8 Å². The van der Waals surface area contributed by atoms with Crippen molar-refractivity contribution in [2.75, 3.05) is 20.2 Å². The lowest BCUT2D eigenvalue weighted by molar-refractivity contribution is -0.143. The van der Waals surface area contributed by atoms with Gasteiger partial charge in [-0.2, -0.15) is 0 Å². The summed E-state index contributed by atoms with van der Waals surface area (Å²) in [4.78, 5) is 31.3. The van der Waals surface area contributed by atoms with Gasteiger partial charge in [0.15, 0.2) is 0 Å². The summed E-state index contributed by atoms with van der Waals surface area (Å²) in [6.07, 6.45) is 7.22. The zero-order chi connectivity index (χ0) is 19.9. The van der Waals surface area contributed by atoms with Gasteiger partial charge >= 0.3 is 0 Å². The van der Waals surface area contributed by atoms with E-state index in [1.54, 1.807) is 19.6 Å². The molecule has 150 valence electrons. The zero-order valence-electron chi connectivity index (χ0n) is 16.5. The molecular formula is C21H28N4O3. The van der Waals surface area contributed by atoms with E-state index in [9.17, 15) is 9.59 Å². The van der Waals surface area contributed by atoms with E-state index in [1.807, 2.05) is 46.9 Å². The van der Waals surface area contributed by atoms with Gasteiger partial charge in [-0.3, -0.25) is 9.59 Å². The smallest absolute Gasteiger partial charge is 0.225 e. The second-order valence-corrected chi connectivity index (χ2v) is 6.99. The van der Waals surface area contributed by atoms with Crippen LogP contribution in [-0.2, 0) is 16.1 Å².